The molecule has 0 heterocycles. The molecule has 0 aliphatic heterocycles. The fourth-order valence-electron chi connectivity index (χ4n) is 1.01. The monoisotopic (exact) mass is 272 g/mol. The fraction of sp³-hybridized carbons (Fsp3) is 0.200. The Morgan fingerprint density at radius 3 is 2.47 bits per heavy atom. The Bertz CT molecular complexity index is 400. The van der Waals surface area contributed by atoms with Crippen LogP contribution in [-0.4, -0.2) is 26.0 Å². The van der Waals surface area contributed by atoms with Crippen LogP contribution in [0, 0.1) is 0 Å². The summed E-state index contributed by atoms with van der Waals surface area (Å²) in [5, 5.41) is 0. The van der Waals surface area contributed by atoms with Crippen molar-refractivity contribution >= 4 is 27.7 Å². The van der Waals surface area contributed by atoms with E-state index < -0.39 is 11.8 Å². The smallest absolute Gasteiger partial charge is 0.379 e. The number of carbonyl (C=O) groups is 2. The van der Waals surface area contributed by atoms with Crippen LogP contribution >= 0.6 is 15.9 Å². The van der Waals surface area contributed by atoms with Crippen molar-refractivity contribution in [2.75, 3.05) is 14.2 Å². The van der Waals surface area contributed by atoms with E-state index in [0.717, 1.165) is 7.11 Å². The molecule has 15 heavy (non-hydrogen) atoms. The van der Waals surface area contributed by atoms with Crippen LogP contribution in [0.25, 0.3) is 0 Å². The van der Waals surface area contributed by atoms with Crippen LogP contribution in [-0.2, 0) is 9.53 Å². The highest BCUT2D eigenvalue weighted by molar-refractivity contribution is 9.10. The second kappa shape index (κ2) is 4.93. The molecule has 0 fully saturated rings. The molecule has 1 aromatic carbocycles. The van der Waals surface area contributed by atoms with Crippen molar-refractivity contribution in [1.82, 2.24) is 0 Å². The third kappa shape index (κ3) is 2.56. The summed E-state index contributed by atoms with van der Waals surface area (Å²) in [5.74, 6) is -1.09. The number of hydrogen-bond acceptors (Lipinski definition) is 4. The van der Waals surface area contributed by atoms with Gasteiger partial charge in [0.2, 0.25) is 0 Å². The van der Waals surface area contributed by atoms with Crippen molar-refractivity contribution in [3.05, 3.63) is 28.2 Å². The molecule has 0 spiro atoms. The SMILES string of the molecule is COC(=O)C(=O)c1ccc(Br)c(OC)c1. The van der Waals surface area contributed by atoms with E-state index in [0.29, 0.717) is 10.2 Å². The van der Waals surface area contributed by atoms with Gasteiger partial charge in [-0.25, -0.2) is 4.79 Å². The Labute approximate surface area is 95.3 Å². The van der Waals surface area contributed by atoms with Crippen molar-refractivity contribution < 1.29 is 19.1 Å². The van der Waals surface area contributed by atoms with Crippen LogP contribution < -0.4 is 4.74 Å². The minimum atomic E-state index is -0.889. The van der Waals surface area contributed by atoms with E-state index in [9.17, 15) is 9.59 Å². The van der Waals surface area contributed by atoms with Gasteiger partial charge in [-0.05, 0) is 34.1 Å². The predicted octanol–water partition coefficient (Wildman–Crippen LogP) is 1.81. The maximum atomic E-state index is 11.4. The summed E-state index contributed by atoms with van der Waals surface area (Å²) in [6, 6.07) is 4.63. The van der Waals surface area contributed by atoms with Gasteiger partial charge in [0.1, 0.15) is 5.75 Å². The van der Waals surface area contributed by atoms with E-state index >= 15 is 0 Å². The van der Waals surface area contributed by atoms with Gasteiger partial charge in [-0.2, -0.15) is 0 Å². The van der Waals surface area contributed by atoms with Gasteiger partial charge in [-0.15, -0.1) is 0 Å². The van der Waals surface area contributed by atoms with E-state index in [1.165, 1.54) is 19.2 Å². The highest BCUT2D eigenvalue weighted by Crippen LogP contribution is 2.25. The van der Waals surface area contributed by atoms with Gasteiger partial charge >= 0.3 is 5.97 Å². The predicted molar refractivity (Wildman–Crippen MR) is 57.0 cm³/mol. The van der Waals surface area contributed by atoms with Gasteiger partial charge in [-0.3, -0.25) is 4.79 Å². The summed E-state index contributed by atoms with van der Waals surface area (Å²) >= 11 is 3.24. The second-order valence-corrected chi connectivity index (χ2v) is 3.52. The normalized spacial score (nSPS) is 9.53. The summed E-state index contributed by atoms with van der Waals surface area (Å²) in [5.41, 5.74) is 0.238. The van der Waals surface area contributed by atoms with Gasteiger partial charge < -0.3 is 9.47 Å². The number of esters is 1. The topological polar surface area (TPSA) is 52.6 Å². The lowest BCUT2D eigenvalue weighted by molar-refractivity contribution is -0.135. The number of Topliss-reactive ketones (excluding diaryl/α,β-unsaturated/α-hetero) is 1. The Balaban J connectivity index is 3.06. The number of carbonyl (C=O) groups excluding carboxylic acids is 2. The molecule has 0 aliphatic rings. The first-order valence-electron chi connectivity index (χ1n) is 4.06. The van der Waals surface area contributed by atoms with Gasteiger partial charge in [0, 0.05) is 5.56 Å². The van der Waals surface area contributed by atoms with Crippen molar-refractivity contribution in [3.8, 4) is 5.75 Å². The van der Waals surface area contributed by atoms with Gasteiger partial charge in [0.15, 0.2) is 0 Å². The van der Waals surface area contributed by atoms with Crippen molar-refractivity contribution in [1.29, 1.82) is 0 Å². The number of rotatable bonds is 3. The third-order valence-corrected chi connectivity index (χ3v) is 2.44. The van der Waals surface area contributed by atoms with E-state index in [4.69, 9.17) is 4.74 Å². The molecule has 0 atom stereocenters. The molecule has 5 heteroatoms. The molecule has 80 valence electrons. The van der Waals surface area contributed by atoms with Crippen molar-refractivity contribution in [2.45, 2.75) is 0 Å². The molecule has 0 bridgehead atoms. The molecule has 0 radical (unpaired) electrons. The van der Waals surface area contributed by atoms with Crippen LogP contribution in [0.4, 0.5) is 0 Å². The van der Waals surface area contributed by atoms with Crippen LogP contribution in [0.3, 0.4) is 0 Å². The summed E-state index contributed by atoms with van der Waals surface area (Å²) in [7, 11) is 2.64. The van der Waals surface area contributed by atoms with Crippen LogP contribution in [0.5, 0.6) is 5.75 Å². The maximum Gasteiger partial charge on any atom is 0.379 e. The minimum absolute atomic E-state index is 0.238. The average Bonchev–Trinajstić information content (AvgIpc) is 2.27. The van der Waals surface area contributed by atoms with Crippen LogP contribution in [0.2, 0.25) is 0 Å². The number of methoxy groups -OCH3 is 2. The first kappa shape index (κ1) is 11.7. The Hall–Kier alpha value is -1.36. The molecule has 0 amide bonds. The number of halogens is 1. The van der Waals surface area contributed by atoms with E-state index in [2.05, 4.69) is 20.7 Å². The molecular formula is C10H9BrO4. The lowest BCUT2D eigenvalue weighted by atomic mass is 10.1. The fourth-order valence-corrected chi connectivity index (χ4v) is 1.42. The first-order valence-corrected chi connectivity index (χ1v) is 4.85. The first-order chi connectivity index (χ1) is 7.10. The number of hydrogen-bond donors (Lipinski definition) is 0. The number of ether oxygens (including phenoxy) is 2. The maximum absolute atomic E-state index is 11.4. The Kier molecular flexibility index (Phi) is 3.85. The van der Waals surface area contributed by atoms with Crippen LogP contribution in [0.15, 0.2) is 22.7 Å². The molecule has 0 unspecified atom stereocenters. The largest absolute Gasteiger partial charge is 0.496 e. The summed E-state index contributed by atoms with van der Waals surface area (Å²) in [6.45, 7) is 0. The van der Waals surface area contributed by atoms with Crippen molar-refractivity contribution in [2.24, 2.45) is 0 Å². The van der Waals surface area contributed by atoms with Gasteiger partial charge in [0.05, 0.1) is 18.7 Å². The number of benzene rings is 1. The van der Waals surface area contributed by atoms with Crippen molar-refractivity contribution in [3.63, 3.8) is 0 Å². The highest BCUT2D eigenvalue weighted by Gasteiger charge is 2.17. The quantitative estimate of drug-likeness (QED) is 0.479. The molecule has 0 saturated carbocycles. The molecule has 1 aromatic rings. The average molecular weight is 273 g/mol. The third-order valence-electron chi connectivity index (χ3n) is 1.78. The van der Waals surface area contributed by atoms with E-state index in [1.807, 2.05) is 0 Å². The molecule has 0 aliphatic carbocycles. The standard InChI is InChI=1S/C10H9BrO4/c1-14-8-5-6(3-4-7(8)11)9(12)10(13)15-2/h3-5H,1-2H3. The summed E-state index contributed by atoms with van der Waals surface area (Å²) < 4.78 is 10.0. The second-order valence-electron chi connectivity index (χ2n) is 2.67. The molecule has 0 saturated heterocycles. The molecular weight excluding hydrogens is 264 g/mol. The minimum Gasteiger partial charge on any atom is -0.496 e. The molecule has 0 aromatic heterocycles. The lowest BCUT2D eigenvalue weighted by Gasteiger charge is -2.04. The Morgan fingerprint density at radius 2 is 1.93 bits per heavy atom. The van der Waals surface area contributed by atoms with E-state index in [-0.39, 0.29) is 5.56 Å². The van der Waals surface area contributed by atoms with Crippen LogP contribution in [0.1, 0.15) is 10.4 Å². The molecule has 4 nitrogen and oxygen atoms in total. The van der Waals surface area contributed by atoms with E-state index in [1.54, 1.807) is 6.07 Å². The van der Waals surface area contributed by atoms with Gasteiger partial charge in [0.25, 0.3) is 5.78 Å². The Morgan fingerprint density at radius 1 is 1.27 bits per heavy atom. The zero-order valence-corrected chi connectivity index (χ0v) is 9.83. The number of ketones is 1. The summed E-state index contributed by atoms with van der Waals surface area (Å²) in [6.07, 6.45) is 0. The summed E-state index contributed by atoms with van der Waals surface area (Å²) in [4.78, 5) is 22.4. The lowest BCUT2D eigenvalue weighted by Crippen LogP contribution is -2.15. The van der Waals surface area contributed by atoms with Gasteiger partial charge in [-0.1, -0.05) is 0 Å². The molecule has 0 N–H and O–H groups in total. The molecule has 1 rings (SSSR count). The highest BCUT2D eigenvalue weighted by atomic mass is 79.9. The zero-order chi connectivity index (χ0) is 11.4. The zero-order valence-electron chi connectivity index (χ0n) is 8.24.